The van der Waals surface area contributed by atoms with Crippen LogP contribution in [0.5, 0.6) is 0 Å². The average molecular weight is 553 g/mol. The van der Waals surface area contributed by atoms with Gasteiger partial charge in [0.1, 0.15) is 12.3 Å². The number of rotatable bonds is 7. The van der Waals surface area contributed by atoms with E-state index in [0.717, 1.165) is 0 Å². The lowest BCUT2D eigenvalue weighted by atomic mass is 10.2. The molecule has 2 amide bonds. The Balaban J connectivity index is 1.94. The highest BCUT2D eigenvalue weighted by Gasteiger charge is 2.47. The van der Waals surface area contributed by atoms with Crippen molar-refractivity contribution >= 4 is 39.8 Å². The Morgan fingerprint density at radius 2 is 1.78 bits per heavy atom. The Kier molecular flexibility index (Phi) is 8.17. The van der Waals surface area contributed by atoms with Crippen LogP contribution >= 0.6 is 0 Å². The minimum absolute atomic E-state index is 0.0310. The Labute approximate surface area is 221 Å². The van der Waals surface area contributed by atoms with E-state index in [4.69, 9.17) is 13.6 Å². The highest BCUT2D eigenvalue weighted by molar-refractivity contribution is 6.74. The molecule has 37 heavy (non-hydrogen) atoms. The Bertz CT molecular complexity index is 1180. The molecular weight excluding hydrogens is 508 g/mol. The van der Waals surface area contributed by atoms with E-state index >= 15 is 0 Å². The highest BCUT2D eigenvalue weighted by Crippen LogP contribution is 2.42. The third-order valence-electron chi connectivity index (χ3n) is 8.05. The van der Waals surface area contributed by atoms with Crippen LogP contribution in [0.4, 0.5) is 10.7 Å². The number of nitrogens with zero attached hydrogens (tertiary/aromatic N) is 3. The molecule has 2 aromatic rings. The molecule has 3 N–H and O–H groups in total. The average Bonchev–Trinajstić information content (AvgIpc) is 3.34. The van der Waals surface area contributed by atoms with Crippen molar-refractivity contribution in [3.8, 4) is 0 Å². The maximum Gasteiger partial charge on any atom is 0.321 e. The van der Waals surface area contributed by atoms with Gasteiger partial charge in [-0.25, -0.2) is 9.78 Å². The Hall–Kier alpha value is -2.07. The van der Waals surface area contributed by atoms with E-state index < -0.39 is 34.5 Å². The molecule has 11 nitrogen and oxygen atoms in total. The summed E-state index contributed by atoms with van der Waals surface area (Å²) < 4.78 is 21.7. The van der Waals surface area contributed by atoms with Crippen molar-refractivity contribution in [3.63, 3.8) is 0 Å². The van der Waals surface area contributed by atoms with Crippen molar-refractivity contribution in [1.82, 2.24) is 24.8 Å². The van der Waals surface area contributed by atoms with Gasteiger partial charge in [0.25, 0.3) is 5.56 Å². The van der Waals surface area contributed by atoms with Gasteiger partial charge in [-0.1, -0.05) is 41.5 Å². The summed E-state index contributed by atoms with van der Waals surface area (Å²) in [5.74, 6) is 0.0310. The molecule has 208 valence electrons. The molecule has 3 heterocycles. The van der Waals surface area contributed by atoms with E-state index in [9.17, 15) is 9.59 Å². The van der Waals surface area contributed by atoms with Gasteiger partial charge in [-0.05, 0) is 36.3 Å². The molecular formula is C24H44N6O5Si2. The molecule has 1 saturated heterocycles. The predicted octanol–water partition coefficient (Wildman–Crippen LogP) is 4.57. The molecule has 0 aliphatic carbocycles. The maximum atomic E-state index is 12.6. The van der Waals surface area contributed by atoms with Crippen LogP contribution in [0.15, 0.2) is 11.1 Å². The number of hydrogen-bond acceptors (Lipinski definition) is 7. The number of aromatic nitrogens is 4. The van der Waals surface area contributed by atoms with E-state index in [1.165, 1.54) is 7.05 Å². The van der Waals surface area contributed by atoms with Crippen LogP contribution in [0, 0.1) is 0 Å². The zero-order chi connectivity index (χ0) is 28.0. The van der Waals surface area contributed by atoms with Crippen LogP contribution < -0.4 is 16.2 Å². The van der Waals surface area contributed by atoms with Crippen LogP contribution in [0.25, 0.3) is 11.2 Å². The van der Waals surface area contributed by atoms with E-state index in [-0.39, 0.29) is 33.7 Å². The lowest BCUT2D eigenvalue weighted by Gasteiger charge is -2.40. The van der Waals surface area contributed by atoms with E-state index in [1.807, 2.05) is 0 Å². The number of amides is 2. The van der Waals surface area contributed by atoms with Crippen LogP contribution in [-0.4, -0.2) is 68.0 Å². The SMILES string of the molecule is CNC(=O)Nc1nc2c(ncn2[C@H]2C[C@H](O[Si](C)(C)C(C)(C)C)[C@@H](CO[Si](C)(C)C(C)(C)C)O2)c(=O)[nH]1. The summed E-state index contributed by atoms with van der Waals surface area (Å²) in [7, 11) is -2.63. The third kappa shape index (κ3) is 6.33. The number of H-pyrrole nitrogens is 1. The number of anilines is 1. The summed E-state index contributed by atoms with van der Waals surface area (Å²) in [6, 6.07) is -0.489. The summed E-state index contributed by atoms with van der Waals surface area (Å²) in [6.45, 7) is 22.6. The summed E-state index contributed by atoms with van der Waals surface area (Å²) in [6.07, 6.45) is 1.21. The van der Waals surface area contributed by atoms with E-state index in [0.29, 0.717) is 18.7 Å². The Morgan fingerprint density at radius 1 is 1.16 bits per heavy atom. The van der Waals surface area contributed by atoms with Crippen molar-refractivity contribution in [2.45, 2.75) is 103 Å². The first-order valence-electron chi connectivity index (χ1n) is 12.8. The fourth-order valence-electron chi connectivity index (χ4n) is 3.57. The standard InChI is InChI=1S/C24H44N6O5Si2/c1-23(2,3)36(8,9)33-13-16-15(35-37(10,11)24(4,5)6)12-17(34-16)30-14-26-18-19(30)27-21(28-20(18)31)29-22(32)25-7/h14-17H,12-13H2,1-11H3,(H3,25,27,28,29,31,32)/t15-,16+,17+/m0/s1. The van der Waals surface area contributed by atoms with Gasteiger partial charge in [0.15, 0.2) is 27.8 Å². The van der Waals surface area contributed by atoms with Crippen molar-refractivity contribution in [2.75, 3.05) is 19.0 Å². The van der Waals surface area contributed by atoms with Crippen LogP contribution in [0.2, 0.25) is 36.3 Å². The normalized spacial score (nSPS) is 21.4. The fraction of sp³-hybridized carbons (Fsp3) is 0.750. The van der Waals surface area contributed by atoms with Gasteiger partial charge in [-0.15, -0.1) is 0 Å². The molecule has 3 rings (SSSR count). The molecule has 1 aliphatic rings. The third-order valence-corrected chi connectivity index (χ3v) is 17.1. The summed E-state index contributed by atoms with van der Waals surface area (Å²) in [5.41, 5.74) is 0.0612. The second kappa shape index (κ2) is 10.2. The zero-order valence-electron chi connectivity index (χ0n) is 24.1. The molecule has 1 fully saturated rings. The van der Waals surface area contributed by atoms with Gasteiger partial charge in [-0.2, -0.15) is 4.98 Å². The number of ether oxygens (including phenoxy) is 1. The fourth-order valence-corrected chi connectivity index (χ4v) is 5.95. The molecule has 1 aliphatic heterocycles. The molecule has 0 bridgehead atoms. The number of urea groups is 1. The number of aromatic amines is 1. The Morgan fingerprint density at radius 3 is 2.35 bits per heavy atom. The maximum absolute atomic E-state index is 12.6. The van der Waals surface area contributed by atoms with Gasteiger partial charge in [-0.3, -0.25) is 19.7 Å². The van der Waals surface area contributed by atoms with Crippen molar-refractivity contribution in [2.24, 2.45) is 0 Å². The monoisotopic (exact) mass is 552 g/mol. The second-order valence-corrected chi connectivity index (χ2v) is 22.4. The number of fused-ring (bicyclic) bond motifs is 1. The second-order valence-electron chi connectivity index (χ2n) is 12.8. The summed E-state index contributed by atoms with van der Waals surface area (Å²) in [5, 5.41) is 5.06. The first kappa shape index (κ1) is 29.5. The molecule has 0 saturated carbocycles. The van der Waals surface area contributed by atoms with Gasteiger partial charge in [0, 0.05) is 13.5 Å². The first-order chi connectivity index (χ1) is 16.9. The number of hydrogen-bond donors (Lipinski definition) is 3. The van der Waals surface area contributed by atoms with Crippen molar-refractivity contribution in [1.29, 1.82) is 0 Å². The number of imidazole rings is 1. The minimum Gasteiger partial charge on any atom is -0.414 e. The first-order valence-corrected chi connectivity index (χ1v) is 18.6. The van der Waals surface area contributed by atoms with Crippen molar-refractivity contribution in [3.05, 3.63) is 16.7 Å². The zero-order valence-corrected chi connectivity index (χ0v) is 26.1. The van der Waals surface area contributed by atoms with Gasteiger partial charge >= 0.3 is 6.03 Å². The lowest BCUT2D eigenvalue weighted by molar-refractivity contribution is -0.0383. The summed E-state index contributed by atoms with van der Waals surface area (Å²) in [4.78, 5) is 35.7. The van der Waals surface area contributed by atoms with Gasteiger partial charge in [0.05, 0.1) is 19.0 Å². The molecule has 13 heteroatoms. The molecule has 3 atom stereocenters. The molecule has 0 radical (unpaired) electrons. The molecule has 2 aromatic heterocycles. The summed E-state index contributed by atoms with van der Waals surface area (Å²) >= 11 is 0. The van der Waals surface area contributed by atoms with Crippen molar-refractivity contribution < 1.29 is 18.4 Å². The molecule has 0 aromatic carbocycles. The number of carbonyl (C=O) groups is 1. The topological polar surface area (TPSA) is 132 Å². The minimum atomic E-state index is -2.11. The lowest BCUT2D eigenvalue weighted by Crippen LogP contribution is -2.48. The highest BCUT2D eigenvalue weighted by atomic mass is 28.4. The predicted molar refractivity (Wildman–Crippen MR) is 150 cm³/mol. The van der Waals surface area contributed by atoms with Crippen LogP contribution in [-0.2, 0) is 13.6 Å². The number of nitrogens with one attached hydrogen (secondary N) is 3. The van der Waals surface area contributed by atoms with Gasteiger partial charge in [0.2, 0.25) is 5.95 Å². The van der Waals surface area contributed by atoms with Crippen LogP contribution in [0.3, 0.4) is 0 Å². The molecule has 0 unspecified atom stereocenters. The quantitative estimate of drug-likeness (QED) is 0.429. The van der Waals surface area contributed by atoms with E-state index in [1.54, 1.807) is 10.9 Å². The van der Waals surface area contributed by atoms with Crippen LogP contribution in [0.1, 0.15) is 54.2 Å². The largest absolute Gasteiger partial charge is 0.414 e. The number of carbonyl (C=O) groups excluding carboxylic acids is 1. The van der Waals surface area contributed by atoms with E-state index in [2.05, 4.69) is 93.3 Å². The molecule has 0 spiro atoms. The van der Waals surface area contributed by atoms with Gasteiger partial charge < -0.3 is 18.9 Å². The smallest absolute Gasteiger partial charge is 0.321 e.